The van der Waals surface area contributed by atoms with Crippen molar-refractivity contribution >= 4 is 34.8 Å². The average Bonchev–Trinajstić information content (AvgIpc) is 2.11. The van der Waals surface area contributed by atoms with Crippen molar-refractivity contribution in [3.8, 4) is 12.3 Å². The van der Waals surface area contributed by atoms with E-state index in [2.05, 4.69) is 16.2 Å². The first-order chi connectivity index (χ1) is 7.04. The maximum Gasteiger partial charge on any atom is 0.236 e. The third-order valence-electron chi connectivity index (χ3n) is 1.67. The molecule has 1 aromatic heterocycles. The van der Waals surface area contributed by atoms with Gasteiger partial charge in [0.1, 0.15) is 5.15 Å². The van der Waals surface area contributed by atoms with Gasteiger partial charge in [-0.15, -0.1) is 6.42 Å². The van der Waals surface area contributed by atoms with Gasteiger partial charge >= 0.3 is 0 Å². The molecule has 0 fully saturated rings. The van der Waals surface area contributed by atoms with Gasteiger partial charge in [-0.05, 0) is 18.6 Å². The van der Waals surface area contributed by atoms with Gasteiger partial charge in [0, 0.05) is 0 Å². The van der Waals surface area contributed by atoms with Crippen LogP contribution >= 0.6 is 23.2 Å². The van der Waals surface area contributed by atoms with Crippen molar-refractivity contribution < 1.29 is 4.79 Å². The molecule has 0 atom stereocenters. The van der Waals surface area contributed by atoms with Crippen LogP contribution < -0.4 is 5.32 Å². The number of carbonyl (C=O) groups is 1. The fourth-order valence-corrected chi connectivity index (χ4v) is 1.60. The highest BCUT2D eigenvalue weighted by Crippen LogP contribution is 2.26. The molecule has 0 aliphatic carbocycles. The van der Waals surface area contributed by atoms with Crippen molar-refractivity contribution in [2.45, 2.75) is 13.3 Å². The molecule has 1 aromatic rings. The Morgan fingerprint density at radius 1 is 1.67 bits per heavy atom. The molecular weight excluding hydrogens is 235 g/mol. The van der Waals surface area contributed by atoms with E-state index in [1.165, 1.54) is 0 Å². The number of hydrogen-bond acceptors (Lipinski definition) is 2. The van der Waals surface area contributed by atoms with Crippen molar-refractivity contribution in [2.75, 3.05) is 5.32 Å². The van der Waals surface area contributed by atoms with Gasteiger partial charge in [-0.2, -0.15) is 0 Å². The minimum Gasteiger partial charge on any atom is -0.322 e. The summed E-state index contributed by atoms with van der Waals surface area (Å²) < 4.78 is 0. The summed E-state index contributed by atoms with van der Waals surface area (Å²) in [6, 6.07) is 1.61. The largest absolute Gasteiger partial charge is 0.322 e. The Morgan fingerprint density at radius 2 is 2.33 bits per heavy atom. The number of nitrogens with one attached hydrogen (secondary N) is 1. The van der Waals surface area contributed by atoms with E-state index in [0.29, 0.717) is 5.69 Å². The lowest BCUT2D eigenvalue weighted by atomic mass is 10.2. The normalized spacial score (nSPS) is 9.47. The summed E-state index contributed by atoms with van der Waals surface area (Å²) in [5.41, 5.74) is 1.19. The Balaban J connectivity index is 2.96. The molecule has 1 heterocycles. The van der Waals surface area contributed by atoms with Gasteiger partial charge in [-0.25, -0.2) is 4.98 Å². The zero-order valence-corrected chi connectivity index (χ0v) is 9.49. The SMILES string of the molecule is C#CCC(=O)Nc1c(C)cc(Cl)nc1Cl. The number of hydrogen-bond donors (Lipinski definition) is 1. The number of terminal acetylenes is 1. The standard InChI is InChI=1S/C10H8Cl2N2O/c1-3-4-8(15)14-9-6(2)5-7(11)13-10(9)12/h1,5H,4H2,2H3,(H,14,15). The van der Waals surface area contributed by atoms with E-state index < -0.39 is 0 Å². The van der Waals surface area contributed by atoms with Crippen molar-refractivity contribution in [1.29, 1.82) is 0 Å². The summed E-state index contributed by atoms with van der Waals surface area (Å²) in [6.45, 7) is 1.77. The monoisotopic (exact) mass is 242 g/mol. The fourth-order valence-electron chi connectivity index (χ4n) is 1.02. The lowest BCUT2D eigenvalue weighted by molar-refractivity contribution is -0.115. The van der Waals surface area contributed by atoms with Gasteiger partial charge in [0.25, 0.3) is 0 Å². The molecule has 1 rings (SSSR count). The number of nitrogens with zero attached hydrogens (tertiary/aromatic N) is 1. The first-order valence-electron chi connectivity index (χ1n) is 4.10. The molecule has 0 radical (unpaired) electrons. The number of anilines is 1. The molecule has 3 nitrogen and oxygen atoms in total. The van der Waals surface area contributed by atoms with E-state index in [1.54, 1.807) is 13.0 Å². The van der Waals surface area contributed by atoms with Gasteiger partial charge in [-0.1, -0.05) is 29.1 Å². The third kappa shape index (κ3) is 3.12. The molecule has 0 saturated heterocycles. The Labute approximate surface area is 97.8 Å². The average molecular weight is 243 g/mol. The topological polar surface area (TPSA) is 42.0 Å². The molecule has 0 bridgehead atoms. The molecule has 15 heavy (non-hydrogen) atoms. The van der Waals surface area contributed by atoms with Crippen LogP contribution in [0.1, 0.15) is 12.0 Å². The van der Waals surface area contributed by atoms with E-state index in [4.69, 9.17) is 29.6 Å². The van der Waals surface area contributed by atoms with E-state index in [1.807, 2.05) is 0 Å². The third-order valence-corrected chi connectivity index (χ3v) is 2.14. The van der Waals surface area contributed by atoms with Gasteiger partial charge in [-0.3, -0.25) is 4.79 Å². The molecule has 0 spiro atoms. The van der Waals surface area contributed by atoms with Crippen LogP contribution in [0.2, 0.25) is 10.3 Å². The van der Waals surface area contributed by atoms with E-state index in [-0.39, 0.29) is 22.6 Å². The Kier molecular flexibility index (Phi) is 3.96. The second-order valence-electron chi connectivity index (χ2n) is 2.86. The van der Waals surface area contributed by atoms with Crippen molar-refractivity contribution in [3.63, 3.8) is 0 Å². The molecule has 0 aromatic carbocycles. The van der Waals surface area contributed by atoms with Crippen LogP contribution in [-0.4, -0.2) is 10.9 Å². The molecule has 1 N–H and O–H groups in total. The molecule has 5 heteroatoms. The van der Waals surface area contributed by atoms with Crippen LogP contribution in [0.15, 0.2) is 6.07 Å². The lowest BCUT2D eigenvalue weighted by Crippen LogP contribution is -2.12. The highest BCUT2D eigenvalue weighted by Gasteiger charge is 2.10. The zero-order chi connectivity index (χ0) is 11.4. The maximum atomic E-state index is 11.2. The molecule has 1 amide bonds. The second-order valence-corrected chi connectivity index (χ2v) is 3.60. The number of rotatable bonds is 2. The van der Waals surface area contributed by atoms with E-state index >= 15 is 0 Å². The molecule has 0 aliphatic heterocycles. The number of aromatic nitrogens is 1. The van der Waals surface area contributed by atoms with Crippen LogP contribution in [0.3, 0.4) is 0 Å². The highest BCUT2D eigenvalue weighted by molar-refractivity contribution is 6.34. The van der Waals surface area contributed by atoms with Crippen LogP contribution in [0.25, 0.3) is 0 Å². The number of carbonyl (C=O) groups excluding carboxylic acids is 1. The van der Waals surface area contributed by atoms with Crippen LogP contribution in [0, 0.1) is 19.3 Å². The molecule has 0 aliphatic rings. The lowest BCUT2D eigenvalue weighted by Gasteiger charge is -2.08. The smallest absolute Gasteiger partial charge is 0.236 e. The molecular formula is C10H8Cl2N2O. The van der Waals surface area contributed by atoms with Crippen molar-refractivity contribution in [1.82, 2.24) is 4.98 Å². The van der Waals surface area contributed by atoms with Crippen LogP contribution in [0.5, 0.6) is 0 Å². The van der Waals surface area contributed by atoms with Gasteiger partial charge in [0.05, 0.1) is 12.1 Å². The first-order valence-corrected chi connectivity index (χ1v) is 4.86. The summed E-state index contributed by atoms with van der Waals surface area (Å²) in [5.74, 6) is 1.94. The molecule has 0 saturated carbocycles. The van der Waals surface area contributed by atoms with Crippen LogP contribution in [0.4, 0.5) is 5.69 Å². The number of halogens is 2. The predicted octanol–water partition coefficient (Wildman–Crippen LogP) is 2.66. The fraction of sp³-hybridized carbons (Fsp3) is 0.200. The number of aryl methyl sites for hydroxylation is 1. The second kappa shape index (κ2) is 5.01. The van der Waals surface area contributed by atoms with E-state index in [9.17, 15) is 4.79 Å². The van der Waals surface area contributed by atoms with Gasteiger partial charge in [0.2, 0.25) is 5.91 Å². The molecule has 0 unspecified atom stereocenters. The maximum absolute atomic E-state index is 11.2. The Hall–Kier alpha value is -1.24. The van der Waals surface area contributed by atoms with Gasteiger partial charge < -0.3 is 5.32 Å². The minimum atomic E-state index is -0.299. The van der Waals surface area contributed by atoms with Crippen LogP contribution in [-0.2, 0) is 4.79 Å². The number of pyridine rings is 1. The summed E-state index contributed by atoms with van der Waals surface area (Å²) in [5, 5.41) is 3.01. The van der Waals surface area contributed by atoms with E-state index in [0.717, 1.165) is 5.56 Å². The highest BCUT2D eigenvalue weighted by atomic mass is 35.5. The summed E-state index contributed by atoms with van der Waals surface area (Å²) >= 11 is 11.5. The Bertz CT molecular complexity index is 415. The zero-order valence-electron chi connectivity index (χ0n) is 7.97. The minimum absolute atomic E-state index is 0.00159. The summed E-state index contributed by atoms with van der Waals surface area (Å²) in [4.78, 5) is 15.0. The number of amides is 1. The summed E-state index contributed by atoms with van der Waals surface area (Å²) in [6.07, 6.45) is 5.00. The Morgan fingerprint density at radius 3 is 2.87 bits per heavy atom. The summed E-state index contributed by atoms with van der Waals surface area (Å²) in [7, 11) is 0. The van der Waals surface area contributed by atoms with Crippen molar-refractivity contribution in [3.05, 3.63) is 21.9 Å². The van der Waals surface area contributed by atoms with Gasteiger partial charge in [0.15, 0.2) is 5.15 Å². The quantitative estimate of drug-likeness (QED) is 0.640. The molecule has 78 valence electrons. The first kappa shape index (κ1) is 11.8. The van der Waals surface area contributed by atoms with Crippen molar-refractivity contribution in [2.24, 2.45) is 0 Å². The predicted molar refractivity (Wildman–Crippen MR) is 61.1 cm³/mol.